The molecule has 0 fully saturated rings. The summed E-state index contributed by atoms with van der Waals surface area (Å²) in [6.45, 7) is 1.78. The monoisotopic (exact) mass is 460 g/mol. The van der Waals surface area contributed by atoms with Gasteiger partial charge in [0.2, 0.25) is 5.89 Å². The van der Waals surface area contributed by atoms with E-state index in [-0.39, 0.29) is 17.4 Å². The van der Waals surface area contributed by atoms with E-state index >= 15 is 0 Å². The molecule has 0 spiro atoms. The molecule has 0 saturated carbocycles. The smallest absolute Gasteiger partial charge is 0.273 e. The standard InChI is InChI=1S/C26H25FN4O3/c1-33-24-7-3-2-6-21(24)16-31(15-19-8-10-22(27)11-9-19)17-25-30-23(18-34-25)26(32)29-14-20-5-4-12-28-13-20/h2-13,18H,14-17H2,1H3,(H,29,32). The van der Waals surface area contributed by atoms with Crippen molar-refractivity contribution in [2.75, 3.05) is 7.11 Å². The van der Waals surface area contributed by atoms with Crippen LogP contribution in [0.15, 0.2) is 83.7 Å². The molecule has 2 heterocycles. The Balaban J connectivity index is 1.46. The van der Waals surface area contributed by atoms with Crippen LogP contribution in [0.3, 0.4) is 0 Å². The van der Waals surface area contributed by atoms with Crippen LogP contribution in [0.5, 0.6) is 5.75 Å². The van der Waals surface area contributed by atoms with Crippen molar-refractivity contribution in [3.05, 3.63) is 113 Å². The minimum atomic E-state index is -0.325. The van der Waals surface area contributed by atoms with Crippen LogP contribution in [0.1, 0.15) is 33.1 Å². The summed E-state index contributed by atoms with van der Waals surface area (Å²) < 4.78 is 24.5. The van der Waals surface area contributed by atoms with Crippen molar-refractivity contribution >= 4 is 5.91 Å². The summed E-state index contributed by atoms with van der Waals surface area (Å²) in [6, 6.07) is 17.8. The second kappa shape index (κ2) is 11.2. The molecule has 174 valence electrons. The number of para-hydroxylation sites is 1. The van der Waals surface area contributed by atoms with Crippen molar-refractivity contribution in [2.24, 2.45) is 0 Å². The van der Waals surface area contributed by atoms with Crippen LogP contribution in [0.2, 0.25) is 0 Å². The molecule has 0 aliphatic carbocycles. The molecule has 1 amide bonds. The van der Waals surface area contributed by atoms with E-state index in [0.29, 0.717) is 32.1 Å². The summed E-state index contributed by atoms with van der Waals surface area (Å²) in [5.74, 6) is 0.571. The van der Waals surface area contributed by atoms with Gasteiger partial charge >= 0.3 is 0 Å². The summed E-state index contributed by atoms with van der Waals surface area (Å²) in [6.07, 6.45) is 4.73. The predicted molar refractivity (Wildman–Crippen MR) is 124 cm³/mol. The molecule has 8 heteroatoms. The number of methoxy groups -OCH3 is 1. The number of carbonyl (C=O) groups is 1. The van der Waals surface area contributed by atoms with Gasteiger partial charge in [0.15, 0.2) is 5.69 Å². The van der Waals surface area contributed by atoms with Crippen molar-refractivity contribution in [2.45, 2.75) is 26.2 Å². The summed E-state index contributed by atoms with van der Waals surface area (Å²) in [4.78, 5) is 23.0. The van der Waals surface area contributed by atoms with Crippen molar-refractivity contribution in [3.63, 3.8) is 0 Å². The number of hydrogen-bond acceptors (Lipinski definition) is 6. The zero-order valence-electron chi connectivity index (χ0n) is 18.8. The number of halogens is 1. The lowest BCUT2D eigenvalue weighted by Gasteiger charge is -2.22. The third kappa shape index (κ3) is 6.26. The molecule has 0 saturated heterocycles. The van der Waals surface area contributed by atoms with E-state index < -0.39 is 0 Å². The van der Waals surface area contributed by atoms with E-state index in [4.69, 9.17) is 9.15 Å². The molecule has 0 aliphatic heterocycles. The van der Waals surface area contributed by atoms with Crippen LogP contribution in [0.4, 0.5) is 4.39 Å². The van der Waals surface area contributed by atoms with Gasteiger partial charge in [-0.3, -0.25) is 14.7 Å². The van der Waals surface area contributed by atoms with Gasteiger partial charge in [-0.15, -0.1) is 0 Å². The SMILES string of the molecule is COc1ccccc1CN(Cc1ccc(F)cc1)Cc1nc(C(=O)NCc2cccnc2)co1. The number of aromatic nitrogens is 2. The fourth-order valence-electron chi connectivity index (χ4n) is 3.54. The van der Waals surface area contributed by atoms with Crippen molar-refractivity contribution in [1.82, 2.24) is 20.2 Å². The Labute approximate surface area is 197 Å². The van der Waals surface area contributed by atoms with E-state index in [1.54, 1.807) is 31.6 Å². The Morgan fingerprint density at radius 1 is 1.03 bits per heavy atom. The molecule has 0 atom stereocenters. The number of benzene rings is 2. The summed E-state index contributed by atoms with van der Waals surface area (Å²) in [5, 5.41) is 2.81. The molecule has 0 unspecified atom stereocenters. The molecule has 2 aromatic carbocycles. The van der Waals surface area contributed by atoms with Gasteiger partial charge in [0, 0.05) is 37.6 Å². The average molecular weight is 461 g/mol. The number of nitrogens with zero attached hydrogens (tertiary/aromatic N) is 3. The maximum Gasteiger partial charge on any atom is 0.273 e. The van der Waals surface area contributed by atoms with Crippen LogP contribution in [0.25, 0.3) is 0 Å². The minimum absolute atomic E-state index is 0.206. The number of amides is 1. The molecule has 0 radical (unpaired) electrons. The van der Waals surface area contributed by atoms with Gasteiger partial charge in [0.1, 0.15) is 17.8 Å². The van der Waals surface area contributed by atoms with E-state index in [0.717, 1.165) is 22.4 Å². The first-order valence-corrected chi connectivity index (χ1v) is 10.8. The van der Waals surface area contributed by atoms with Gasteiger partial charge in [-0.25, -0.2) is 9.37 Å². The van der Waals surface area contributed by atoms with E-state index in [2.05, 4.69) is 20.2 Å². The summed E-state index contributed by atoms with van der Waals surface area (Å²) in [5.41, 5.74) is 3.03. The highest BCUT2D eigenvalue weighted by Crippen LogP contribution is 2.22. The first kappa shape index (κ1) is 23.1. The first-order valence-electron chi connectivity index (χ1n) is 10.8. The van der Waals surface area contributed by atoms with Crippen molar-refractivity contribution in [1.29, 1.82) is 0 Å². The quantitative estimate of drug-likeness (QED) is 0.379. The number of carbonyl (C=O) groups excluding carboxylic acids is 1. The number of ether oxygens (including phenoxy) is 1. The fraction of sp³-hybridized carbons (Fsp3) is 0.192. The minimum Gasteiger partial charge on any atom is -0.496 e. The topological polar surface area (TPSA) is 80.5 Å². The maximum atomic E-state index is 13.4. The molecule has 2 aromatic heterocycles. The van der Waals surface area contributed by atoms with Gasteiger partial charge < -0.3 is 14.5 Å². The number of pyridine rings is 1. The second-order valence-electron chi connectivity index (χ2n) is 7.75. The number of rotatable bonds is 10. The number of hydrogen-bond donors (Lipinski definition) is 1. The van der Waals surface area contributed by atoms with Crippen LogP contribution in [-0.4, -0.2) is 27.9 Å². The van der Waals surface area contributed by atoms with Crippen LogP contribution < -0.4 is 10.1 Å². The Kier molecular flexibility index (Phi) is 7.62. The van der Waals surface area contributed by atoms with Crippen molar-refractivity contribution in [3.8, 4) is 5.75 Å². The van der Waals surface area contributed by atoms with Crippen LogP contribution in [0, 0.1) is 5.82 Å². The molecule has 0 aliphatic rings. The van der Waals surface area contributed by atoms with E-state index in [1.165, 1.54) is 18.4 Å². The highest BCUT2D eigenvalue weighted by molar-refractivity contribution is 5.91. The Morgan fingerprint density at radius 2 is 1.85 bits per heavy atom. The first-order chi connectivity index (χ1) is 16.6. The largest absolute Gasteiger partial charge is 0.496 e. The molecular formula is C26H25FN4O3. The molecule has 4 rings (SSSR count). The van der Waals surface area contributed by atoms with Gasteiger partial charge in [-0.1, -0.05) is 36.4 Å². The molecule has 7 nitrogen and oxygen atoms in total. The lowest BCUT2D eigenvalue weighted by molar-refractivity contribution is 0.0945. The Bertz CT molecular complexity index is 1210. The lowest BCUT2D eigenvalue weighted by Crippen LogP contribution is -2.24. The third-order valence-corrected chi connectivity index (χ3v) is 5.23. The van der Waals surface area contributed by atoms with Gasteiger partial charge in [0.05, 0.1) is 13.7 Å². The van der Waals surface area contributed by atoms with Crippen LogP contribution >= 0.6 is 0 Å². The highest BCUT2D eigenvalue weighted by atomic mass is 19.1. The summed E-state index contributed by atoms with van der Waals surface area (Å²) in [7, 11) is 1.63. The van der Waals surface area contributed by atoms with Gasteiger partial charge in [-0.05, 0) is 35.4 Å². The van der Waals surface area contributed by atoms with E-state index in [9.17, 15) is 9.18 Å². The highest BCUT2D eigenvalue weighted by Gasteiger charge is 2.17. The fourth-order valence-corrected chi connectivity index (χ4v) is 3.54. The normalized spacial score (nSPS) is 10.9. The van der Waals surface area contributed by atoms with Crippen molar-refractivity contribution < 1.29 is 18.3 Å². The zero-order valence-corrected chi connectivity index (χ0v) is 18.8. The molecule has 0 bridgehead atoms. The molecule has 1 N–H and O–H groups in total. The van der Waals surface area contributed by atoms with E-state index in [1.807, 2.05) is 36.4 Å². The lowest BCUT2D eigenvalue weighted by atomic mass is 10.1. The predicted octanol–water partition coefficient (Wildman–Crippen LogP) is 4.35. The van der Waals surface area contributed by atoms with Gasteiger partial charge in [0.25, 0.3) is 5.91 Å². The molecular weight excluding hydrogens is 435 g/mol. The Hall–Kier alpha value is -4.04. The second-order valence-corrected chi connectivity index (χ2v) is 7.75. The molecule has 34 heavy (non-hydrogen) atoms. The third-order valence-electron chi connectivity index (χ3n) is 5.23. The average Bonchev–Trinajstić information content (AvgIpc) is 3.33. The zero-order chi connectivity index (χ0) is 23.8. The number of oxazole rings is 1. The Morgan fingerprint density at radius 3 is 2.62 bits per heavy atom. The molecule has 4 aromatic rings. The maximum absolute atomic E-state index is 13.4. The van der Waals surface area contributed by atoms with Crippen LogP contribution in [-0.2, 0) is 26.2 Å². The summed E-state index contributed by atoms with van der Waals surface area (Å²) >= 11 is 0. The number of nitrogens with one attached hydrogen (secondary N) is 1. The van der Waals surface area contributed by atoms with Gasteiger partial charge in [-0.2, -0.15) is 0 Å².